The molecule has 1 aliphatic heterocycles. The van der Waals surface area contributed by atoms with Gasteiger partial charge < -0.3 is 25.1 Å². The van der Waals surface area contributed by atoms with Crippen LogP contribution in [0.1, 0.15) is 48.6 Å². The molecule has 262 valence electrons. The van der Waals surface area contributed by atoms with Crippen molar-refractivity contribution in [2.24, 2.45) is 0 Å². The maximum Gasteiger partial charge on any atom is 0.416 e. The number of hydrogen-bond donors (Lipinski definition) is 3. The van der Waals surface area contributed by atoms with Crippen LogP contribution in [0, 0.1) is 0 Å². The van der Waals surface area contributed by atoms with Crippen LogP contribution in [0.3, 0.4) is 0 Å². The number of benzene rings is 2. The van der Waals surface area contributed by atoms with E-state index in [1.54, 1.807) is 0 Å². The van der Waals surface area contributed by atoms with Crippen LogP contribution >= 0.6 is 0 Å². The number of alkyl halides is 6. The van der Waals surface area contributed by atoms with Crippen LogP contribution in [0.5, 0.6) is 0 Å². The number of likely N-dealkylation sites (N-methyl/N-ethyl adjacent to an activating group) is 2. The summed E-state index contributed by atoms with van der Waals surface area (Å²) in [6.45, 7) is 1.82. The quantitative estimate of drug-likeness (QED) is 0.219. The van der Waals surface area contributed by atoms with Crippen molar-refractivity contribution in [2.45, 2.75) is 51.1 Å². The number of carbonyl (C=O) groups is 3. The van der Waals surface area contributed by atoms with Crippen molar-refractivity contribution in [3.63, 3.8) is 0 Å². The lowest BCUT2D eigenvalue weighted by molar-refractivity contribution is -0.143. The molecule has 0 aromatic heterocycles. The minimum absolute atomic E-state index is 0. The van der Waals surface area contributed by atoms with Crippen LogP contribution < -0.4 is 0 Å². The number of carboxylic acid groups (broad SMARTS) is 2. The van der Waals surface area contributed by atoms with Crippen LogP contribution in [0.4, 0.5) is 26.3 Å². The summed E-state index contributed by atoms with van der Waals surface area (Å²) in [5, 5.41) is 24.8. The molecule has 15 heteroatoms. The maximum atomic E-state index is 13.6. The molecule has 0 saturated carbocycles. The Hall–Kier alpha value is -3.95. The molecule has 0 aliphatic carbocycles. The van der Waals surface area contributed by atoms with Gasteiger partial charge in [0.25, 0.3) is 0 Å². The Bertz CT molecular complexity index is 1280. The van der Waals surface area contributed by atoms with Crippen molar-refractivity contribution in [1.82, 2.24) is 14.7 Å². The molecule has 9 nitrogen and oxygen atoms in total. The molecule has 1 heterocycles. The normalized spacial score (nSPS) is 15.0. The Morgan fingerprint density at radius 3 is 1.79 bits per heavy atom. The molecule has 3 rings (SSSR count). The monoisotopic (exact) mass is 677 g/mol. The van der Waals surface area contributed by atoms with E-state index in [9.17, 15) is 45.8 Å². The summed E-state index contributed by atoms with van der Waals surface area (Å²) in [4.78, 5) is 38.2. The van der Waals surface area contributed by atoms with Crippen LogP contribution in [-0.2, 0) is 33.2 Å². The predicted octanol–water partition coefficient (Wildman–Crippen LogP) is 5.20. The van der Waals surface area contributed by atoms with E-state index in [2.05, 4.69) is 9.80 Å². The third-order valence-electron chi connectivity index (χ3n) is 7.42. The van der Waals surface area contributed by atoms with Gasteiger partial charge in [-0.3, -0.25) is 9.69 Å². The first kappa shape index (κ1) is 41.1. The molecule has 1 unspecified atom stereocenters. The van der Waals surface area contributed by atoms with Crippen molar-refractivity contribution >= 4 is 17.8 Å². The number of carboxylic acids is 2. The number of aliphatic hydroxyl groups is 1. The number of rotatable bonds is 11. The topological polar surface area (TPSA) is 122 Å². The zero-order valence-electron chi connectivity index (χ0n) is 25.3. The summed E-state index contributed by atoms with van der Waals surface area (Å²) in [6, 6.07) is 10.3. The molecular formula is C32H41F6N3O6. The molecule has 2 aromatic carbocycles. The zero-order valence-corrected chi connectivity index (χ0v) is 25.3. The number of halogens is 6. The Kier molecular flexibility index (Phi) is 16.1. The average molecular weight is 678 g/mol. The summed E-state index contributed by atoms with van der Waals surface area (Å²) in [5.74, 6) is -2.79. The van der Waals surface area contributed by atoms with E-state index in [1.807, 2.05) is 37.4 Å². The lowest BCUT2D eigenvalue weighted by atomic mass is 9.97. The first-order chi connectivity index (χ1) is 21.4. The van der Waals surface area contributed by atoms with Crippen molar-refractivity contribution in [1.29, 1.82) is 0 Å². The highest BCUT2D eigenvalue weighted by molar-refractivity contribution is 5.89. The lowest BCUT2D eigenvalue weighted by Gasteiger charge is -2.40. The standard InChI is InChI=1S/C27H33F6N3O2.C4H4O4.CH4/c1-34(14-15-37)23-9-12-36(13-10-23)24(20-6-4-3-5-7-20)25(38)35(2)11-8-19-16-21(26(28,29)30)18-22(17-19)27(31,32)33;5-3(6)1-2-4(7)8;/h3-7,16-18,23-24,37H,8-15H2,1-2H3;1-2H,(H,5,6)(H,7,8);1H4/b;2-1+;. The first-order valence-electron chi connectivity index (χ1n) is 14.2. The molecule has 1 amide bonds. The highest BCUT2D eigenvalue weighted by Crippen LogP contribution is 2.36. The Labute approximate surface area is 269 Å². The predicted molar refractivity (Wildman–Crippen MR) is 162 cm³/mol. The van der Waals surface area contributed by atoms with Crippen LogP contribution in [0.25, 0.3) is 0 Å². The van der Waals surface area contributed by atoms with Gasteiger partial charge in [0.2, 0.25) is 5.91 Å². The van der Waals surface area contributed by atoms with Crippen molar-refractivity contribution < 1.29 is 56.0 Å². The number of amides is 1. The number of hydrogen-bond acceptors (Lipinski definition) is 6. The van der Waals surface area contributed by atoms with E-state index in [1.165, 1.54) is 11.9 Å². The lowest BCUT2D eigenvalue weighted by Crippen LogP contribution is -2.49. The van der Waals surface area contributed by atoms with Crippen LogP contribution in [0.2, 0.25) is 0 Å². The van der Waals surface area contributed by atoms with Gasteiger partial charge in [0.05, 0.1) is 17.7 Å². The van der Waals surface area contributed by atoms with Gasteiger partial charge in [0, 0.05) is 51.4 Å². The zero-order chi connectivity index (χ0) is 34.7. The van der Waals surface area contributed by atoms with Gasteiger partial charge in [0.1, 0.15) is 6.04 Å². The molecule has 0 radical (unpaired) electrons. The van der Waals surface area contributed by atoms with Gasteiger partial charge in [-0.15, -0.1) is 0 Å². The summed E-state index contributed by atoms with van der Waals surface area (Å²) in [5.41, 5.74) is -2.11. The summed E-state index contributed by atoms with van der Waals surface area (Å²) >= 11 is 0. The third-order valence-corrected chi connectivity index (χ3v) is 7.42. The highest BCUT2D eigenvalue weighted by atomic mass is 19.4. The number of aliphatic carboxylic acids is 2. The number of carbonyl (C=O) groups excluding carboxylic acids is 1. The molecule has 1 fully saturated rings. The molecule has 1 aliphatic rings. The van der Waals surface area contributed by atoms with Crippen molar-refractivity contribution in [2.75, 3.05) is 46.9 Å². The number of nitrogens with zero attached hydrogens (tertiary/aromatic N) is 3. The van der Waals surface area contributed by atoms with E-state index in [-0.39, 0.29) is 50.6 Å². The van der Waals surface area contributed by atoms with Gasteiger partial charge in [0.15, 0.2) is 0 Å². The second-order valence-electron chi connectivity index (χ2n) is 10.7. The summed E-state index contributed by atoms with van der Waals surface area (Å²) < 4.78 is 79.4. The van der Waals surface area contributed by atoms with Gasteiger partial charge in [-0.1, -0.05) is 37.8 Å². The number of piperidine rings is 1. The molecule has 3 N–H and O–H groups in total. The van der Waals surface area contributed by atoms with E-state index in [4.69, 9.17) is 10.2 Å². The van der Waals surface area contributed by atoms with E-state index >= 15 is 0 Å². The van der Waals surface area contributed by atoms with Gasteiger partial charge in [-0.2, -0.15) is 26.3 Å². The fourth-order valence-electron chi connectivity index (χ4n) is 4.99. The molecule has 0 bridgehead atoms. The van der Waals surface area contributed by atoms with E-state index in [0.717, 1.165) is 18.4 Å². The first-order valence-corrected chi connectivity index (χ1v) is 14.2. The van der Waals surface area contributed by atoms with Crippen molar-refractivity contribution in [3.8, 4) is 0 Å². The number of likely N-dealkylation sites (tertiary alicyclic amines) is 1. The van der Waals surface area contributed by atoms with E-state index < -0.39 is 41.5 Å². The SMILES string of the molecule is C.CN(CCc1cc(C(F)(F)F)cc(C(F)(F)F)c1)C(=O)C(c1ccccc1)N1CCC(N(C)CCO)CC1.O=C(O)/C=C/C(=O)O. The van der Waals surface area contributed by atoms with Gasteiger partial charge in [-0.05, 0) is 55.6 Å². The summed E-state index contributed by atoms with van der Waals surface area (Å²) in [6.07, 6.45) is -7.31. The van der Waals surface area contributed by atoms with Crippen LogP contribution in [0.15, 0.2) is 60.7 Å². The molecule has 1 atom stereocenters. The molecule has 1 saturated heterocycles. The Morgan fingerprint density at radius 1 is 0.872 bits per heavy atom. The molecule has 2 aromatic rings. The number of aliphatic hydroxyl groups excluding tert-OH is 1. The Morgan fingerprint density at radius 2 is 1.36 bits per heavy atom. The smallest absolute Gasteiger partial charge is 0.416 e. The fourth-order valence-corrected chi connectivity index (χ4v) is 4.99. The molecule has 47 heavy (non-hydrogen) atoms. The van der Waals surface area contributed by atoms with Crippen LogP contribution in [-0.4, -0.2) is 101 Å². The molecule has 0 spiro atoms. The largest absolute Gasteiger partial charge is 0.478 e. The fraction of sp³-hybridized carbons (Fsp3) is 0.469. The second-order valence-corrected chi connectivity index (χ2v) is 10.7. The summed E-state index contributed by atoms with van der Waals surface area (Å²) in [7, 11) is 3.46. The maximum absolute atomic E-state index is 13.6. The Balaban J connectivity index is 0.00000109. The van der Waals surface area contributed by atoms with Crippen molar-refractivity contribution in [3.05, 3.63) is 82.9 Å². The van der Waals surface area contributed by atoms with Gasteiger partial charge >= 0.3 is 24.3 Å². The minimum Gasteiger partial charge on any atom is -0.478 e. The molecular weight excluding hydrogens is 636 g/mol. The second kappa shape index (κ2) is 18.4. The van der Waals surface area contributed by atoms with Gasteiger partial charge in [-0.25, -0.2) is 9.59 Å². The third kappa shape index (κ3) is 13.4. The highest BCUT2D eigenvalue weighted by Gasteiger charge is 2.37. The average Bonchev–Trinajstić information content (AvgIpc) is 2.99. The van der Waals surface area contributed by atoms with E-state index in [0.29, 0.717) is 43.9 Å². The minimum atomic E-state index is -4.92.